The van der Waals surface area contributed by atoms with Crippen LogP contribution in [-0.4, -0.2) is 29.8 Å². The van der Waals surface area contributed by atoms with Crippen molar-refractivity contribution in [2.24, 2.45) is 5.10 Å². The number of non-ortho nitro benzene ring substituents is 1. The van der Waals surface area contributed by atoms with Gasteiger partial charge in [0.05, 0.1) is 27.4 Å². The summed E-state index contributed by atoms with van der Waals surface area (Å²) in [6.07, 6.45) is 1.48. The van der Waals surface area contributed by atoms with Gasteiger partial charge in [0, 0.05) is 17.5 Å². The third-order valence-electron chi connectivity index (χ3n) is 4.00. The van der Waals surface area contributed by atoms with Crippen molar-refractivity contribution in [2.75, 3.05) is 6.61 Å². The van der Waals surface area contributed by atoms with Crippen molar-refractivity contribution in [2.45, 2.75) is 26.9 Å². The number of nitrogens with one attached hydrogen (secondary N) is 1. The van der Waals surface area contributed by atoms with Crippen LogP contribution >= 0.6 is 22.6 Å². The Bertz CT molecular complexity index is 1160. The number of hydrogen-bond donors (Lipinski definition) is 1. The van der Waals surface area contributed by atoms with E-state index in [1.807, 2.05) is 26.8 Å². The zero-order valence-electron chi connectivity index (χ0n) is 17.0. The van der Waals surface area contributed by atoms with Gasteiger partial charge in [0.25, 0.3) is 5.69 Å². The first-order valence-corrected chi connectivity index (χ1v) is 10.5. The standard InChI is InChI=1S/C21H20IN3O6/c1-4-29-18-8-13(7-16(22)20(18)30-12(2)3)11-23-24-21(26)19-10-14-9-15(25(27)28)5-6-17(14)31-19/h5-12H,4H2,1-3H3,(H,24,26)/b23-11-. The zero-order valence-corrected chi connectivity index (χ0v) is 19.2. The Kier molecular flexibility index (Phi) is 7.10. The van der Waals surface area contributed by atoms with E-state index >= 15 is 0 Å². The van der Waals surface area contributed by atoms with E-state index in [9.17, 15) is 14.9 Å². The molecule has 0 atom stereocenters. The van der Waals surface area contributed by atoms with E-state index in [0.717, 1.165) is 3.57 Å². The number of furan rings is 1. The SMILES string of the molecule is CCOc1cc(/C=N\NC(=O)c2cc3cc([N+](=O)[O-])ccc3o2)cc(I)c1OC(C)C. The minimum Gasteiger partial charge on any atom is -0.490 e. The van der Waals surface area contributed by atoms with Crippen LogP contribution in [0.15, 0.2) is 45.9 Å². The summed E-state index contributed by atoms with van der Waals surface area (Å²) >= 11 is 2.16. The molecule has 0 aliphatic rings. The minimum atomic E-state index is -0.574. The van der Waals surface area contributed by atoms with Gasteiger partial charge < -0.3 is 13.9 Å². The Morgan fingerprint density at radius 1 is 1.32 bits per heavy atom. The number of benzene rings is 2. The van der Waals surface area contributed by atoms with Crippen LogP contribution in [0.1, 0.15) is 36.9 Å². The van der Waals surface area contributed by atoms with Crippen molar-refractivity contribution in [3.8, 4) is 11.5 Å². The Balaban J connectivity index is 1.76. The van der Waals surface area contributed by atoms with E-state index in [4.69, 9.17) is 13.9 Å². The molecule has 162 valence electrons. The van der Waals surface area contributed by atoms with Crippen LogP contribution in [0.4, 0.5) is 5.69 Å². The third kappa shape index (κ3) is 5.51. The first-order valence-electron chi connectivity index (χ1n) is 9.43. The fourth-order valence-electron chi connectivity index (χ4n) is 2.75. The number of hydrazone groups is 1. The van der Waals surface area contributed by atoms with Crippen molar-refractivity contribution >= 4 is 51.4 Å². The number of nitro groups is 1. The summed E-state index contributed by atoms with van der Waals surface area (Å²) in [5, 5.41) is 15.3. The fraction of sp³-hybridized carbons (Fsp3) is 0.238. The van der Waals surface area contributed by atoms with Gasteiger partial charge in [0.2, 0.25) is 0 Å². The summed E-state index contributed by atoms with van der Waals surface area (Å²) in [7, 11) is 0. The number of carbonyl (C=O) groups excluding carboxylic acids is 1. The molecule has 3 aromatic rings. The average molecular weight is 537 g/mol. The van der Waals surface area contributed by atoms with E-state index in [1.54, 1.807) is 6.07 Å². The second-order valence-corrected chi connectivity index (χ2v) is 7.88. The Morgan fingerprint density at radius 3 is 2.77 bits per heavy atom. The van der Waals surface area contributed by atoms with E-state index in [1.165, 1.54) is 30.5 Å². The Labute approximate surface area is 191 Å². The lowest BCUT2D eigenvalue weighted by Gasteiger charge is -2.16. The molecule has 0 bridgehead atoms. The summed E-state index contributed by atoms with van der Waals surface area (Å²) in [6, 6.07) is 9.18. The maximum Gasteiger partial charge on any atom is 0.307 e. The van der Waals surface area contributed by atoms with Crippen LogP contribution in [0.25, 0.3) is 11.0 Å². The summed E-state index contributed by atoms with van der Waals surface area (Å²) in [6.45, 7) is 6.24. The van der Waals surface area contributed by atoms with Crippen LogP contribution in [0.5, 0.6) is 11.5 Å². The van der Waals surface area contributed by atoms with Crippen LogP contribution in [0.2, 0.25) is 0 Å². The molecule has 31 heavy (non-hydrogen) atoms. The molecule has 0 unspecified atom stereocenters. The van der Waals surface area contributed by atoms with Gasteiger partial charge in [0.1, 0.15) is 5.58 Å². The first-order chi connectivity index (χ1) is 14.8. The fourth-order valence-corrected chi connectivity index (χ4v) is 3.50. The van der Waals surface area contributed by atoms with Gasteiger partial charge >= 0.3 is 5.91 Å². The maximum atomic E-state index is 12.3. The molecule has 0 saturated heterocycles. The maximum absolute atomic E-state index is 12.3. The third-order valence-corrected chi connectivity index (χ3v) is 4.80. The second-order valence-electron chi connectivity index (χ2n) is 6.72. The summed E-state index contributed by atoms with van der Waals surface area (Å²) in [4.78, 5) is 22.7. The molecular weight excluding hydrogens is 517 g/mol. The molecule has 1 heterocycles. The number of nitro benzene ring substituents is 1. The molecule has 9 nitrogen and oxygen atoms in total. The van der Waals surface area contributed by atoms with Gasteiger partial charge in [-0.25, -0.2) is 5.43 Å². The largest absolute Gasteiger partial charge is 0.490 e. The number of ether oxygens (including phenoxy) is 2. The number of carbonyl (C=O) groups is 1. The predicted octanol–water partition coefficient (Wildman–Crippen LogP) is 4.90. The molecule has 1 N–H and O–H groups in total. The predicted molar refractivity (Wildman–Crippen MR) is 124 cm³/mol. The number of halogens is 1. The van der Waals surface area contributed by atoms with Crippen molar-refractivity contribution in [1.29, 1.82) is 0 Å². The quantitative estimate of drug-likeness (QED) is 0.189. The molecule has 0 fully saturated rings. The van der Waals surface area contributed by atoms with Crippen LogP contribution in [-0.2, 0) is 0 Å². The van der Waals surface area contributed by atoms with Crippen molar-refractivity contribution in [3.05, 3.63) is 61.4 Å². The zero-order chi connectivity index (χ0) is 22.5. The molecule has 0 aliphatic carbocycles. The molecule has 2 aromatic carbocycles. The molecule has 0 saturated carbocycles. The van der Waals surface area contributed by atoms with Crippen molar-refractivity contribution in [3.63, 3.8) is 0 Å². The summed E-state index contributed by atoms with van der Waals surface area (Å²) < 4.78 is 17.8. The molecule has 1 amide bonds. The lowest BCUT2D eigenvalue weighted by molar-refractivity contribution is -0.384. The smallest absolute Gasteiger partial charge is 0.307 e. The lowest BCUT2D eigenvalue weighted by Crippen LogP contribution is -2.16. The Hall–Kier alpha value is -3.15. The lowest BCUT2D eigenvalue weighted by atomic mass is 10.2. The second kappa shape index (κ2) is 9.77. The molecule has 0 radical (unpaired) electrons. The van der Waals surface area contributed by atoms with Gasteiger partial charge in [-0.1, -0.05) is 0 Å². The van der Waals surface area contributed by atoms with Crippen molar-refractivity contribution < 1.29 is 23.6 Å². The Morgan fingerprint density at radius 2 is 2.10 bits per heavy atom. The monoisotopic (exact) mass is 537 g/mol. The van der Waals surface area contributed by atoms with Gasteiger partial charge in [0.15, 0.2) is 17.3 Å². The van der Waals surface area contributed by atoms with Crippen molar-refractivity contribution in [1.82, 2.24) is 5.43 Å². The number of fused-ring (bicyclic) bond motifs is 1. The summed E-state index contributed by atoms with van der Waals surface area (Å²) in [5.41, 5.74) is 3.40. The first kappa shape index (κ1) is 22.5. The normalized spacial score (nSPS) is 11.3. The highest BCUT2D eigenvalue weighted by Gasteiger charge is 2.15. The molecule has 3 rings (SSSR count). The van der Waals surface area contributed by atoms with Crippen LogP contribution < -0.4 is 14.9 Å². The van der Waals surface area contributed by atoms with E-state index in [-0.39, 0.29) is 17.6 Å². The number of nitrogens with zero attached hydrogens (tertiary/aromatic N) is 2. The highest BCUT2D eigenvalue weighted by atomic mass is 127. The van der Waals surface area contributed by atoms with Gasteiger partial charge in [-0.15, -0.1) is 0 Å². The van der Waals surface area contributed by atoms with Gasteiger partial charge in [-0.05, 0) is 73.2 Å². The van der Waals surface area contributed by atoms with E-state index in [0.29, 0.717) is 34.6 Å². The molecule has 0 aliphatic heterocycles. The molecule has 10 heteroatoms. The number of rotatable bonds is 8. The number of hydrogen-bond acceptors (Lipinski definition) is 7. The van der Waals surface area contributed by atoms with Crippen LogP contribution in [0.3, 0.4) is 0 Å². The van der Waals surface area contributed by atoms with E-state index in [2.05, 4.69) is 33.1 Å². The van der Waals surface area contributed by atoms with Crippen LogP contribution in [0, 0.1) is 13.7 Å². The molecular formula is C21H20IN3O6. The van der Waals surface area contributed by atoms with E-state index < -0.39 is 10.8 Å². The highest BCUT2D eigenvalue weighted by molar-refractivity contribution is 14.1. The topological polar surface area (TPSA) is 116 Å². The average Bonchev–Trinajstić information content (AvgIpc) is 3.14. The summed E-state index contributed by atoms with van der Waals surface area (Å²) in [5.74, 6) is 0.678. The molecule has 0 spiro atoms. The van der Waals surface area contributed by atoms with Gasteiger partial charge in [-0.3, -0.25) is 14.9 Å². The number of amides is 1. The highest BCUT2D eigenvalue weighted by Crippen LogP contribution is 2.34. The minimum absolute atomic E-state index is 0.00193. The van der Waals surface area contributed by atoms with Gasteiger partial charge in [-0.2, -0.15) is 5.10 Å². The molecule has 1 aromatic heterocycles.